The normalized spacial score (nSPS) is 15.1. The summed E-state index contributed by atoms with van der Waals surface area (Å²) >= 11 is 1.71. The molecule has 4 heterocycles. The summed E-state index contributed by atoms with van der Waals surface area (Å²) in [6, 6.07) is 0. The lowest BCUT2D eigenvalue weighted by Gasteiger charge is -2.35. The van der Waals surface area contributed by atoms with E-state index in [1.165, 1.54) is 0 Å². The van der Waals surface area contributed by atoms with Crippen LogP contribution in [0.2, 0.25) is 0 Å². The van der Waals surface area contributed by atoms with Gasteiger partial charge in [0.05, 0.1) is 30.0 Å². The molecular weight excluding hydrogens is 322 g/mol. The number of hydrogen-bond acceptors (Lipinski definition) is 7. The van der Waals surface area contributed by atoms with E-state index in [0.717, 1.165) is 54.1 Å². The van der Waals surface area contributed by atoms with Crippen LogP contribution in [0.1, 0.15) is 5.69 Å². The summed E-state index contributed by atoms with van der Waals surface area (Å²) in [5, 5.41) is 7.42. The average molecular weight is 341 g/mol. The van der Waals surface area contributed by atoms with Gasteiger partial charge in [0.1, 0.15) is 5.82 Å². The van der Waals surface area contributed by atoms with E-state index in [0.29, 0.717) is 0 Å². The maximum absolute atomic E-state index is 4.76. The molecule has 1 aliphatic heterocycles. The Kier molecular flexibility index (Phi) is 3.89. The Morgan fingerprint density at radius 2 is 1.79 bits per heavy atom. The van der Waals surface area contributed by atoms with Gasteiger partial charge in [-0.25, -0.2) is 9.97 Å². The largest absolute Gasteiger partial charge is 0.352 e. The van der Waals surface area contributed by atoms with E-state index in [1.54, 1.807) is 22.2 Å². The van der Waals surface area contributed by atoms with Crippen molar-refractivity contribution in [1.29, 1.82) is 0 Å². The molecule has 0 atom stereocenters. The van der Waals surface area contributed by atoms with E-state index >= 15 is 0 Å². The van der Waals surface area contributed by atoms with E-state index in [4.69, 9.17) is 4.98 Å². The van der Waals surface area contributed by atoms with Gasteiger partial charge in [0.15, 0.2) is 5.13 Å². The topological polar surface area (TPSA) is 63.0 Å². The third kappa shape index (κ3) is 2.96. The molecule has 0 unspecified atom stereocenters. The average Bonchev–Trinajstić information content (AvgIpc) is 3.24. The Morgan fingerprint density at radius 1 is 1.00 bits per heavy atom. The second-order valence-electron chi connectivity index (χ2n) is 5.91. The molecular formula is C16H19N7S. The van der Waals surface area contributed by atoms with Crippen molar-refractivity contribution in [1.82, 2.24) is 24.7 Å². The van der Waals surface area contributed by atoms with Crippen LogP contribution in [0.3, 0.4) is 0 Å². The lowest BCUT2D eigenvalue weighted by atomic mass is 10.2. The molecule has 1 saturated heterocycles. The molecule has 0 bridgehead atoms. The number of aromatic nitrogens is 5. The minimum Gasteiger partial charge on any atom is -0.352 e. The fourth-order valence-corrected chi connectivity index (χ4v) is 3.67. The fraction of sp³-hybridized carbons (Fsp3) is 0.375. The quantitative estimate of drug-likeness (QED) is 0.726. The standard InChI is InChI=1S/C16H19N7S/c1-12-11-24-16(19-12)23-5-3-22(4-6-23)15-9-17-8-14(20-15)13-7-18-21(2)10-13/h7-11H,3-6H2,1-2H3. The van der Waals surface area contributed by atoms with E-state index < -0.39 is 0 Å². The Bertz CT molecular complexity index is 832. The molecule has 3 aromatic rings. The van der Waals surface area contributed by atoms with Crippen LogP contribution in [0.25, 0.3) is 11.3 Å². The highest BCUT2D eigenvalue weighted by molar-refractivity contribution is 7.13. The first-order valence-corrected chi connectivity index (χ1v) is 8.80. The smallest absolute Gasteiger partial charge is 0.185 e. The zero-order chi connectivity index (χ0) is 16.5. The zero-order valence-electron chi connectivity index (χ0n) is 13.8. The van der Waals surface area contributed by atoms with E-state index in [9.17, 15) is 0 Å². The molecule has 0 aliphatic carbocycles. The van der Waals surface area contributed by atoms with Crippen LogP contribution in [0.4, 0.5) is 10.9 Å². The summed E-state index contributed by atoms with van der Waals surface area (Å²) in [5.74, 6) is 0.923. The summed E-state index contributed by atoms with van der Waals surface area (Å²) < 4.78 is 1.78. The number of aryl methyl sites for hydroxylation is 2. The molecule has 124 valence electrons. The molecule has 8 heteroatoms. The van der Waals surface area contributed by atoms with Gasteiger partial charge >= 0.3 is 0 Å². The van der Waals surface area contributed by atoms with Crippen LogP contribution in [0, 0.1) is 6.92 Å². The van der Waals surface area contributed by atoms with Crippen molar-refractivity contribution in [2.24, 2.45) is 7.05 Å². The SMILES string of the molecule is Cc1csc(N2CCN(c3cncc(-c4cnn(C)c4)n3)CC2)n1. The van der Waals surface area contributed by atoms with Crippen molar-refractivity contribution in [2.45, 2.75) is 6.92 Å². The zero-order valence-corrected chi connectivity index (χ0v) is 14.6. The Labute approximate surface area is 144 Å². The van der Waals surface area contributed by atoms with Gasteiger partial charge in [-0.2, -0.15) is 5.10 Å². The summed E-state index contributed by atoms with van der Waals surface area (Å²) in [5.41, 5.74) is 2.94. The van der Waals surface area contributed by atoms with Gasteiger partial charge in [0.2, 0.25) is 0 Å². The van der Waals surface area contributed by atoms with Crippen LogP contribution in [0.5, 0.6) is 0 Å². The molecule has 0 spiro atoms. The third-order valence-corrected chi connectivity index (χ3v) is 5.12. The van der Waals surface area contributed by atoms with Gasteiger partial charge in [-0.1, -0.05) is 0 Å². The number of anilines is 2. The summed E-state index contributed by atoms with van der Waals surface area (Å²) in [6.07, 6.45) is 7.39. The summed E-state index contributed by atoms with van der Waals surface area (Å²) in [7, 11) is 1.90. The monoisotopic (exact) mass is 341 g/mol. The summed E-state index contributed by atoms with van der Waals surface area (Å²) in [4.78, 5) is 18.3. The molecule has 0 aromatic carbocycles. The number of nitrogens with zero attached hydrogens (tertiary/aromatic N) is 7. The van der Waals surface area contributed by atoms with Crippen molar-refractivity contribution < 1.29 is 0 Å². The second kappa shape index (κ2) is 6.20. The van der Waals surface area contributed by atoms with Crippen LogP contribution >= 0.6 is 11.3 Å². The molecule has 0 radical (unpaired) electrons. The molecule has 24 heavy (non-hydrogen) atoms. The Hall–Kier alpha value is -2.48. The van der Waals surface area contributed by atoms with Crippen LogP contribution < -0.4 is 9.80 Å². The summed E-state index contributed by atoms with van der Waals surface area (Å²) in [6.45, 7) is 5.78. The lowest BCUT2D eigenvalue weighted by Crippen LogP contribution is -2.46. The Morgan fingerprint density at radius 3 is 2.46 bits per heavy atom. The minimum absolute atomic E-state index is 0.860. The van der Waals surface area contributed by atoms with Crippen LogP contribution in [-0.2, 0) is 7.05 Å². The number of thiazole rings is 1. The first-order chi connectivity index (χ1) is 11.7. The highest BCUT2D eigenvalue weighted by Crippen LogP contribution is 2.24. The molecule has 0 saturated carbocycles. The molecule has 1 fully saturated rings. The fourth-order valence-electron chi connectivity index (χ4n) is 2.81. The highest BCUT2D eigenvalue weighted by atomic mass is 32.1. The van der Waals surface area contributed by atoms with E-state index in [-0.39, 0.29) is 0 Å². The molecule has 0 amide bonds. The van der Waals surface area contributed by atoms with Crippen molar-refractivity contribution in [3.63, 3.8) is 0 Å². The van der Waals surface area contributed by atoms with Crippen molar-refractivity contribution >= 4 is 22.3 Å². The predicted molar refractivity (Wildman–Crippen MR) is 95.5 cm³/mol. The van der Waals surface area contributed by atoms with Crippen molar-refractivity contribution in [2.75, 3.05) is 36.0 Å². The third-order valence-electron chi connectivity index (χ3n) is 4.10. The van der Waals surface area contributed by atoms with Gasteiger partial charge < -0.3 is 9.80 Å². The molecule has 3 aromatic heterocycles. The second-order valence-corrected chi connectivity index (χ2v) is 6.75. The van der Waals surface area contributed by atoms with Crippen molar-refractivity contribution in [3.8, 4) is 11.3 Å². The van der Waals surface area contributed by atoms with Gasteiger partial charge in [0.25, 0.3) is 0 Å². The maximum atomic E-state index is 4.76. The maximum Gasteiger partial charge on any atom is 0.185 e. The van der Waals surface area contributed by atoms with E-state index in [1.807, 2.05) is 32.6 Å². The van der Waals surface area contributed by atoms with Gasteiger partial charge in [-0.3, -0.25) is 9.67 Å². The molecule has 1 aliphatic rings. The molecule has 7 nitrogen and oxygen atoms in total. The number of hydrogen-bond donors (Lipinski definition) is 0. The first kappa shape index (κ1) is 15.1. The van der Waals surface area contributed by atoms with E-state index in [2.05, 4.69) is 30.2 Å². The minimum atomic E-state index is 0.860. The lowest BCUT2D eigenvalue weighted by molar-refractivity contribution is 0.645. The van der Waals surface area contributed by atoms with Crippen molar-refractivity contribution in [3.05, 3.63) is 35.9 Å². The molecule has 4 rings (SSSR count). The molecule has 0 N–H and O–H groups in total. The Balaban J connectivity index is 1.47. The van der Waals surface area contributed by atoms with Gasteiger partial charge in [-0.05, 0) is 6.92 Å². The number of rotatable bonds is 3. The van der Waals surface area contributed by atoms with Crippen LogP contribution in [-0.4, -0.2) is 50.9 Å². The highest BCUT2D eigenvalue weighted by Gasteiger charge is 2.20. The van der Waals surface area contributed by atoms with Crippen LogP contribution in [0.15, 0.2) is 30.2 Å². The van der Waals surface area contributed by atoms with Gasteiger partial charge in [-0.15, -0.1) is 11.3 Å². The predicted octanol–water partition coefficient (Wildman–Crippen LogP) is 1.97. The number of piperazine rings is 1. The first-order valence-electron chi connectivity index (χ1n) is 7.92. The van der Waals surface area contributed by atoms with Gasteiger partial charge in [0, 0.05) is 50.4 Å².